The number of fused-ring (bicyclic) bond motifs is 1. The SMILES string of the molecule is CC(NC(=O)CN1CCn2nc(C3CC3)cc2C1)c1cccs1. The summed E-state index contributed by atoms with van der Waals surface area (Å²) in [5.74, 6) is 0.790. The summed E-state index contributed by atoms with van der Waals surface area (Å²) in [5, 5.41) is 9.84. The Bertz CT molecular complexity index is 690. The standard InChI is InChI=1S/C17H22N4OS/c1-12(16-3-2-8-23-16)18-17(22)11-20-6-7-21-14(10-20)9-15(19-21)13-4-5-13/h2-3,8-9,12-13H,4-7,10-11H2,1H3,(H,18,22). The quantitative estimate of drug-likeness (QED) is 0.916. The first-order valence-corrected chi connectivity index (χ1v) is 9.19. The summed E-state index contributed by atoms with van der Waals surface area (Å²) in [6, 6.07) is 6.40. The van der Waals surface area contributed by atoms with Gasteiger partial charge in [0.1, 0.15) is 0 Å². The van der Waals surface area contributed by atoms with E-state index in [0.29, 0.717) is 12.5 Å². The van der Waals surface area contributed by atoms with Crippen LogP contribution in [0, 0.1) is 0 Å². The molecule has 5 nitrogen and oxygen atoms in total. The molecule has 2 aromatic heterocycles. The topological polar surface area (TPSA) is 50.2 Å². The largest absolute Gasteiger partial charge is 0.348 e. The lowest BCUT2D eigenvalue weighted by atomic mass is 10.2. The summed E-state index contributed by atoms with van der Waals surface area (Å²) in [6.45, 7) is 5.09. The van der Waals surface area contributed by atoms with Crippen LogP contribution in [-0.4, -0.2) is 33.7 Å². The van der Waals surface area contributed by atoms with Crippen molar-refractivity contribution in [2.45, 2.75) is 44.8 Å². The molecule has 1 saturated carbocycles. The molecule has 4 rings (SSSR count). The first kappa shape index (κ1) is 14.9. The molecule has 0 bridgehead atoms. The fraction of sp³-hybridized carbons (Fsp3) is 0.529. The van der Waals surface area contributed by atoms with Crippen LogP contribution < -0.4 is 5.32 Å². The molecular formula is C17H22N4OS. The molecule has 1 atom stereocenters. The van der Waals surface area contributed by atoms with Crippen LogP contribution in [0.4, 0.5) is 0 Å². The maximum atomic E-state index is 12.3. The van der Waals surface area contributed by atoms with Crippen molar-refractivity contribution in [1.29, 1.82) is 0 Å². The van der Waals surface area contributed by atoms with Crippen LogP contribution in [0.25, 0.3) is 0 Å². The fourth-order valence-electron chi connectivity index (χ4n) is 3.16. The minimum atomic E-state index is 0.0827. The van der Waals surface area contributed by atoms with Gasteiger partial charge in [0.2, 0.25) is 5.91 Å². The predicted molar refractivity (Wildman–Crippen MR) is 90.4 cm³/mol. The van der Waals surface area contributed by atoms with E-state index in [4.69, 9.17) is 5.10 Å². The summed E-state index contributed by atoms with van der Waals surface area (Å²) in [4.78, 5) is 15.7. The van der Waals surface area contributed by atoms with Crippen molar-refractivity contribution in [3.63, 3.8) is 0 Å². The molecule has 1 N–H and O–H groups in total. The molecule has 3 heterocycles. The van der Waals surface area contributed by atoms with Crippen molar-refractivity contribution < 1.29 is 4.79 Å². The highest BCUT2D eigenvalue weighted by molar-refractivity contribution is 7.10. The minimum absolute atomic E-state index is 0.0827. The van der Waals surface area contributed by atoms with Gasteiger partial charge in [-0.1, -0.05) is 6.07 Å². The Morgan fingerprint density at radius 2 is 2.35 bits per heavy atom. The summed E-state index contributed by atoms with van der Waals surface area (Å²) in [7, 11) is 0. The zero-order chi connectivity index (χ0) is 15.8. The van der Waals surface area contributed by atoms with Gasteiger partial charge >= 0.3 is 0 Å². The second-order valence-corrected chi connectivity index (χ2v) is 7.55. The number of amides is 1. The predicted octanol–water partition coefficient (Wildman–Crippen LogP) is 2.52. The molecule has 2 aliphatic rings. The van der Waals surface area contributed by atoms with Crippen LogP contribution in [0.5, 0.6) is 0 Å². The van der Waals surface area contributed by atoms with Crippen molar-refractivity contribution in [2.75, 3.05) is 13.1 Å². The zero-order valence-corrected chi connectivity index (χ0v) is 14.2. The number of rotatable bonds is 5. The summed E-state index contributed by atoms with van der Waals surface area (Å²) in [6.07, 6.45) is 2.56. The van der Waals surface area contributed by atoms with E-state index in [1.54, 1.807) is 11.3 Å². The normalized spacial score (nSPS) is 19.3. The molecule has 2 aromatic rings. The molecule has 0 radical (unpaired) electrons. The summed E-state index contributed by atoms with van der Waals surface area (Å²) in [5.41, 5.74) is 2.50. The fourth-order valence-corrected chi connectivity index (χ4v) is 3.89. The zero-order valence-electron chi connectivity index (χ0n) is 13.4. The van der Waals surface area contributed by atoms with Gasteiger partial charge in [-0.15, -0.1) is 11.3 Å². The summed E-state index contributed by atoms with van der Waals surface area (Å²) >= 11 is 1.68. The van der Waals surface area contributed by atoms with Gasteiger partial charge in [0.25, 0.3) is 0 Å². The number of nitrogens with zero attached hydrogens (tertiary/aromatic N) is 3. The molecule has 23 heavy (non-hydrogen) atoms. The van der Waals surface area contributed by atoms with Crippen LogP contribution in [0.3, 0.4) is 0 Å². The summed E-state index contributed by atoms with van der Waals surface area (Å²) < 4.78 is 2.12. The van der Waals surface area contributed by atoms with Gasteiger partial charge in [-0.25, -0.2) is 0 Å². The first-order valence-electron chi connectivity index (χ1n) is 8.31. The Morgan fingerprint density at radius 1 is 1.48 bits per heavy atom. The Labute approximate surface area is 140 Å². The maximum Gasteiger partial charge on any atom is 0.234 e. The first-order chi connectivity index (χ1) is 11.2. The van der Waals surface area contributed by atoms with Gasteiger partial charge in [0, 0.05) is 23.9 Å². The number of thiophene rings is 1. The smallest absolute Gasteiger partial charge is 0.234 e. The van der Waals surface area contributed by atoms with E-state index >= 15 is 0 Å². The molecular weight excluding hydrogens is 308 g/mol. The molecule has 122 valence electrons. The molecule has 1 fully saturated rings. The van der Waals surface area contributed by atoms with Crippen molar-refractivity contribution in [1.82, 2.24) is 20.0 Å². The Hall–Kier alpha value is -1.66. The maximum absolute atomic E-state index is 12.3. The number of carbonyl (C=O) groups excluding carboxylic acids is 1. The highest BCUT2D eigenvalue weighted by Crippen LogP contribution is 2.39. The molecule has 0 spiro atoms. The van der Waals surface area contributed by atoms with Crippen LogP contribution in [0.15, 0.2) is 23.6 Å². The van der Waals surface area contributed by atoms with Crippen LogP contribution in [0.1, 0.15) is 48.0 Å². The average Bonchev–Trinajstić information content (AvgIpc) is 3.07. The Morgan fingerprint density at radius 3 is 3.09 bits per heavy atom. The third kappa shape index (κ3) is 3.33. The molecule has 6 heteroatoms. The van der Waals surface area contributed by atoms with Gasteiger partial charge in [-0.05, 0) is 37.3 Å². The van der Waals surface area contributed by atoms with Crippen LogP contribution in [0.2, 0.25) is 0 Å². The van der Waals surface area contributed by atoms with E-state index in [1.807, 2.05) is 18.4 Å². The highest BCUT2D eigenvalue weighted by Gasteiger charge is 2.29. The van der Waals surface area contributed by atoms with E-state index in [9.17, 15) is 4.79 Å². The van der Waals surface area contributed by atoms with E-state index in [0.717, 1.165) is 19.6 Å². The van der Waals surface area contributed by atoms with Gasteiger partial charge < -0.3 is 5.32 Å². The van der Waals surface area contributed by atoms with Crippen molar-refractivity contribution in [3.8, 4) is 0 Å². The average molecular weight is 330 g/mol. The Kier molecular flexibility index (Phi) is 3.95. The van der Waals surface area contributed by atoms with Crippen molar-refractivity contribution >= 4 is 17.2 Å². The van der Waals surface area contributed by atoms with E-state index in [2.05, 4.69) is 27.0 Å². The number of nitrogens with one attached hydrogen (secondary N) is 1. The van der Waals surface area contributed by atoms with Crippen molar-refractivity contribution in [2.24, 2.45) is 0 Å². The van der Waals surface area contributed by atoms with Crippen molar-refractivity contribution in [3.05, 3.63) is 39.8 Å². The van der Waals surface area contributed by atoms with E-state index in [1.165, 1.54) is 29.1 Å². The molecule has 1 aliphatic heterocycles. The van der Waals surface area contributed by atoms with E-state index < -0.39 is 0 Å². The monoisotopic (exact) mass is 330 g/mol. The molecule has 1 unspecified atom stereocenters. The number of aromatic nitrogens is 2. The lowest BCUT2D eigenvalue weighted by molar-refractivity contribution is -0.123. The minimum Gasteiger partial charge on any atom is -0.348 e. The van der Waals surface area contributed by atoms with Crippen LogP contribution >= 0.6 is 11.3 Å². The van der Waals surface area contributed by atoms with E-state index in [-0.39, 0.29) is 11.9 Å². The Balaban J connectivity index is 1.33. The second-order valence-electron chi connectivity index (χ2n) is 6.57. The third-order valence-corrected chi connectivity index (χ3v) is 5.66. The molecule has 1 aliphatic carbocycles. The van der Waals surface area contributed by atoms with Gasteiger partial charge in [0.15, 0.2) is 0 Å². The molecule has 0 saturated heterocycles. The second kappa shape index (κ2) is 6.09. The molecule has 1 amide bonds. The molecule has 0 aromatic carbocycles. The van der Waals surface area contributed by atoms with Gasteiger partial charge in [-0.2, -0.15) is 5.10 Å². The highest BCUT2D eigenvalue weighted by atomic mass is 32.1. The number of hydrogen-bond acceptors (Lipinski definition) is 4. The number of carbonyl (C=O) groups is 1. The lowest BCUT2D eigenvalue weighted by Crippen LogP contribution is -2.41. The van der Waals surface area contributed by atoms with Gasteiger partial charge in [-0.3, -0.25) is 14.4 Å². The number of hydrogen-bond donors (Lipinski definition) is 1. The lowest BCUT2D eigenvalue weighted by Gasteiger charge is -2.27. The van der Waals surface area contributed by atoms with Gasteiger partial charge in [0.05, 0.1) is 30.5 Å². The third-order valence-electron chi connectivity index (χ3n) is 4.61. The van der Waals surface area contributed by atoms with Crippen LogP contribution in [-0.2, 0) is 17.9 Å².